The van der Waals surface area contributed by atoms with Crippen molar-refractivity contribution in [1.29, 1.82) is 0 Å². The maximum Gasteiger partial charge on any atom is 0.308 e. The third-order valence-corrected chi connectivity index (χ3v) is 22.5. The topological polar surface area (TPSA) is 271 Å². The molecule has 0 spiro atoms. The van der Waals surface area contributed by atoms with E-state index in [-0.39, 0.29) is 129 Å². The van der Waals surface area contributed by atoms with Crippen molar-refractivity contribution in [2.45, 2.75) is 260 Å². The highest BCUT2D eigenvalue weighted by molar-refractivity contribution is 6.15. The molecule has 0 radical (unpaired) electrons. The van der Waals surface area contributed by atoms with Gasteiger partial charge >= 0.3 is 17.9 Å². The van der Waals surface area contributed by atoms with Crippen molar-refractivity contribution in [3.8, 4) is 67.2 Å². The van der Waals surface area contributed by atoms with Crippen molar-refractivity contribution in [1.82, 2.24) is 13.7 Å². The number of hydrogen-bond donors (Lipinski definition) is 7. The van der Waals surface area contributed by atoms with Crippen LogP contribution in [0.25, 0.3) is 67.2 Å². The number of ether oxygens (including phenoxy) is 4. The number of anilines is 3. The summed E-state index contributed by atoms with van der Waals surface area (Å²) < 4.78 is 71.9. The van der Waals surface area contributed by atoms with E-state index in [1.54, 1.807) is 57.2 Å². The second kappa shape index (κ2) is 47.4. The van der Waals surface area contributed by atoms with Crippen molar-refractivity contribution in [2.75, 3.05) is 16.0 Å². The second-order valence-electron chi connectivity index (χ2n) is 37.9. The largest absolute Gasteiger partial charge is 0.481 e. The Bertz CT molecular complexity index is 5890. The first-order valence-electron chi connectivity index (χ1n) is 46.0. The Labute approximate surface area is 792 Å². The molecule has 13 rings (SSSR count). The average molecular weight is 1840 g/mol. The van der Waals surface area contributed by atoms with Gasteiger partial charge in [0.05, 0.1) is 94.8 Å². The van der Waals surface area contributed by atoms with Crippen LogP contribution in [0.3, 0.4) is 0 Å². The van der Waals surface area contributed by atoms with Gasteiger partial charge in [-0.2, -0.15) is 0 Å². The van der Waals surface area contributed by atoms with Crippen LogP contribution < -0.4 is 16.0 Å². The molecule has 23 heteroatoms. The van der Waals surface area contributed by atoms with Crippen molar-refractivity contribution >= 4 is 52.7 Å². The monoisotopic (exact) mass is 1840 g/mol. The summed E-state index contributed by atoms with van der Waals surface area (Å²) in [5.74, 6) is -3.88. The SMILES string of the molecule is C.CC(C)c1c(C(=O)Nc2ccccc2)c(-c2ccccc2)c(-c2ccc(F)cc2)n1CC[C@@H](O)C[C@@H](O)CC(=O)OC(C)(C)C.CC(C)c1c(C(=O)Nc2ccccc2)c(-c2ccccc2)c(-c2ccc(F)cc2)n1CC[C@@H](O)C[C@H](CC(=O)O)OC(C)(C)C.CC(C)c1c(C(=O)Nc2ccccc2)c(-c2ccccc2)c(-c2ccc(F)cc2)n1CC[C@@H]1C[C@@H](OC(C)(C)C)CC(=O)O1. The molecule has 714 valence electrons. The van der Waals surface area contributed by atoms with E-state index in [1.807, 2.05) is 256 Å². The summed E-state index contributed by atoms with van der Waals surface area (Å²) in [7, 11) is 0. The summed E-state index contributed by atoms with van der Waals surface area (Å²) in [6.45, 7) is 30.1. The molecule has 7 N–H and O–H groups in total. The van der Waals surface area contributed by atoms with Crippen LogP contribution in [0.5, 0.6) is 0 Å². The molecule has 3 amide bonds. The Morgan fingerprint density at radius 1 is 0.415 bits per heavy atom. The van der Waals surface area contributed by atoms with Crippen molar-refractivity contribution in [3.05, 3.63) is 306 Å². The molecular formula is C112H131F3N6O14. The summed E-state index contributed by atoms with van der Waals surface area (Å²) >= 11 is 0. The number of carbonyl (C=O) groups is 6. The highest BCUT2D eigenvalue weighted by Crippen LogP contribution is 2.47. The highest BCUT2D eigenvalue weighted by atomic mass is 19.1. The number of aromatic nitrogens is 3. The molecule has 0 saturated carbocycles. The Morgan fingerprint density at radius 3 is 1.04 bits per heavy atom. The number of para-hydroxylation sites is 3. The van der Waals surface area contributed by atoms with E-state index in [0.717, 1.165) is 73.1 Å². The Morgan fingerprint density at radius 2 is 0.733 bits per heavy atom. The number of carboxylic acid groups (broad SMARTS) is 1. The first kappa shape index (κ1) is 104. The summed E-state index contributed by atoms with van der Waals surface area (Å²) in [5, 5.41) is 51.4. The molecule has 4 heterocycles. The minimum atomic E-state index is -1.08. The van der Waals surface area contributed by atoms with Crippen LogP contribution >= 0.6 is 0 Å². The van der Waals surface area contributed by atoms with Crippen LogP contribution in [0.1, 0.15) is 235 Å². The molecule has 0 bridgehead atoms. The lowest BCUT2D eigenvalue weighted by Gasteiger charge is -2.33. The van der Waals surface area contributed by atoms with Gasteiger partial charge in [-0.3, -0.25) is 28.8 Å². The summed E-state index contributed by atoms with van der Waals surface area (Å²) in [4.78, 5) is 78.9. The number of carboxylic acids is 1. The van der Waals surface area contributed by atoms with Gasteiger partial charge < -0.3 is 69.0 Å². The first-order valence-corrected chi connectivity index (χ1v) is 46.0. The number of esters is 2. The second-order valence-corrected chi connectivity index (χ2v) is 37.9. The predicted molar refractivity (Wildman–Crippen MR) is 530 cm³/mol. The molecular weight excluding hydrogens is 1710 g/mol. The minimum absolute atomic E-state index is 0. The number of carbonyl (C=O) groups excluding carboxylic acids is 5. The molecule has 12 aromatic rings. The molecule has 9 aromatic carbocycles. The summed E-state index contributed by atoms with van der Waals surface area (Å²) in [6.07, 6.45) is -2.57. The zero-order chi connectivity index (χ0) is 96.9. The number of aliphatic hydroxyl groups is 3. The lowest BCUT2D eigenvalue weighted by molar-refractivity contribution is -0.171. The number of amides is 3. The Balaban J connectivity index is 0.000000209. The van der Waals surface area contributed by atoms with Gasteiger partial charge in [0.25, 0.3) is 17.7 Å². The summed E-state index contributed by atoms with van der Waals surface area (Å²) in [6, 6.07) is 75.7. The van der Waals surface area contributed by atoms with E-state index in [1.165, 1.54) is 36.4 Å². The van der Waals surface area contributed by atoms with E-state index in [4.69, 9.17) is 18.9 Å². The van der Waals surface area contributed by atoms with Gasteiger partial charge in [0.1, 0.15) is 29.2 Å². The number of nitrogens with zero attached hydrogens (tertiary/aromatic N) is 3. The van der Waals surface area contributed by atoms with Gasteiger partial charge in [-0.25, -0.2) is 13.2 Å². The molecule has 20 nitrogen and oxygen atoms in total. The van der Waals surface area contributed by atoms with Crippen LogP contribution in [0.4, 0.5) is 30.2 Å². The van der Waals surface area contributed by atoms with E-state index in [2.05, 4.69) is 38.9 Å². The van der Waals surface area contributed by atoms with Gasteiger partial charge in [0.15, 0.2) is 0 Å². The number of halogens is 3. The average Bonchev–Trinajstić information content (AvgIpc) is 1.60. The van der Waals surface area contributed by atoms with Gasteiger partial charge in [-0.15, -0.1) is 0 Å². The standard InChI is InChI=1S/2C37H43FN2O5.C37H41FN2O4.CH4/c1-24(2)34-33(36(44)39-28-14-10-7-11-15-28)32(25-12-8-6-9-13-25)35(26-16-18-27(38)19-17-26)40(34)21-20-29(41)22-30(23-31(42)43)45-37(3,4)5;1-24(2)34-33(36(44)39-28-14-10-7-11-15-28)32(25-12-8-6-9-13-25)35(26-16-18-27(38)19-17-26)40(34)21-20-29(41)22-30(42)23-31(43)45-37(3,4)5;1-24(2)34-33(36(42)39-28-14-10-7-11-15-28)32(25-12-8-6-9-13-25)35(26-16-18-27(38)19-17-26)40(34)21-20-29-22-30(23-31(41)43-29)44-37(3,4)5;/h6-19,24,29-30,41H,20-23H2,1-5H3,(H,39,44)(H,42,43);6-19,24,29-30,41-42H,20-23H2,1-5H3,(H,39,44);6-19,24,29-30H,20-23H2,1-5H3,(H,39,42);1H4/t3*29-,30-;/m111./s1. The van der Waals surface area contributed by atoms with Crippen LogP contribution in [0.2, 0.25) is 0 Å². The molecule has 3 aromatic heterocycles. The molecule has 0 unspecified atom stereocenters. The van der Waals surface area contributed by atoms with Crippen LogP contribution in [-0.4, -0.2) is 123 Å². The van der Waals surface area contributed by atoms with Crippen LogP contribution in [0.15, 0.2) is 255 Å². The van der Waals surface area contributed by atoms with Crippen LogP contribution in [-0.2, 0) is 53.0 Å². The zero-order valence-electron chi connectivity index (χ0n) is 79.3. The number of rotatable bonds is 34. The molecule has 1 aliphatic heterocycles. The van der Waals surface area contributed by atoms with Gasteiger partial charge in [-0.1, -0.05) is 195 Å². The fourth-order valence-corrected chi connectivity index (χ4v) is 17.4. The molecule has 0 aliphatic carbocycles. The van der Waals surface area contributed by atoms with Crippen LogP contribution in [0, 0.1) is 17.5 Å². The van der Waals surface area contributed by atoms with Crippen molar-refractivity contribution in [2.24, 2.45) is 0 Å². The zero-order valence-corrected chi connectivity index (χ0v) is 79.3. The quantitative estimate of drug-likeness (QED) is 0.0185. The van der Waals surface area contributed by atoms with Gasteiger partial charge in [-0.05, 0) is 242 Å². The van der Waals surface area contributed by atoms with Crippen molar-refractivity contribution < 1.29 is 81.3 Å². The predicted octanol–water partition coefficient (Wildman–Crippen LogP) is 25.0. The first-order chi connectivity index (χ1) is 63.7. The highest BCUT2D eigenvalue weighted by Gasteiger charge is 2.38. The third kappa shape index (κ3) is 29.1. The molecule has 1 aliphatic rings. The van der Waals surface area contributed by atoms with E-state index >= 15 is 0 Å². The molecule has 6 atom stereocenters. The normalized spacial score (nSPS) is 14.2. The molecule has 135 heavy (non-hydrogen) atoms. The fraction of sp³-hybridized carbons (Fsp3) is 0.357. The van der Waals surface area contributed by atoms with E-state index in [9.17, 15) is 62.4 Å². The number of aliphatic hydroxyl groups excluding tert-OH is 3. The third-order valence-electron chi connectivity index (χ3n) is 22.5. The summed E-state index contributed by atoms with van der Waals surface area (Å²) in [5.41, 5.74) is 13.6. The lowest BCUT2D eigenvalue weighted by atomic mass is 9.94. The van der Waals surface area contributed by atoms with E-state index < -0.39 is 47.6 Å². The van der Waals surface area contributed by atoms with E-state index in [0.29, 0.717) is 77.4 Å². The minimum Gasteiger partial charge on any atom is -0.481 e. The number of nitrogens with one attached hydrogen (secondary N) is 3. The number of aliphatic carboxylic acids is 1. The fourth-order valence-electron chi connectivity index (χ4n) is 17.4. The Hall–Kier alpha value is -12.8. The van der Waals surface area contributed by atoms with Crippen molar-refractivity contribution in [3.63, 3.8) is 0 Å². The van der Waals surface area contributed by atoms with Gasteiger partial charge in [0, 0.05) is 89.7 Å². The lowest BCUT2D eigenvalue weighted by Crippen LogP contribution is -2.38. The number of benzene rings is 9. The smallest absolute Gasteiger partial charge is 0.308 e. The van der Waals surface area contributed by atoms with Gasteiger partial charge in [0.2, 0.25) is 0 Å². The number of hydrogen-bond acceptors (Lipinski definition) is 13. The maximum atomic E-state index is 14.2. The molecule has 1 fully saturated rings. The molecule has 1 saturated heterocycles. The number of cyclic esters (lactones) is 1. The Kier molecular flexibility index (Phi) is 36.6. The maximum absolute atomic E-state index is 14.2.